The normalized spacial score (nSPS) is 10.2. The van der Waals surface area contributed by atoms with Crippen LogP contribution in [-0.4, -0.2) is 34.4 Å². The average molecular weight is 321 g/mol. The van der Waals surface area contributed by atoms with Crippen molar-refractivity contribution in [3.05, 3.63) is 53.6 Å². The molecule has 7 heteroatoms. The topological polar surface area (TPSA) is 85.9 Å². The fourth-order valence-corrected chi connectivity index (χ4v) is 2.25. The number of hydrogen-bond acceptors (Lipinski definition) is 6. The Morgan fingerprint density at radius 2 is 1.79 bits per heavy atom. The van der Waals surface area contributed by atoms with Crippen molar-refractivity contribution in [2.45, 2.75) is 6.54 Å². The molecule has 120 valence electrons. The van der Waals surface area contributed by atoms with Crippen molar-refractivity contribution in [1.29, 1.82) is 5.26 Å². The third-order valence-electron chi connectivity index (χ3n) is 3.50. The Kier molecular flexibility index (Phi) is 4.38. The SMILES string of the molecule is COc1ccc(-c2nnn(Cc3ccc(C#N)cc3)n2)cc1OC. The second-order valence-corrected chi connectivity index (χ2v) is 5.02. The maximum absolute atomic E-state index is 8.82. The van der Waals surface area contributed by atoms with Crippen LogP contribution in [0, 0.1) is 11.3 Å². The van der Waals surface area contributed by atoms with Crippen molar-refractivity contribution >= 4 is 0 Å². The largest absolute Gasteiger partial charge is 0.493 e. The Hall–Kier alpha value is -3.40. The van der Waals surface area contributed by atoms with Gasteiger partial charge in [-0.05, 0) is 41.1 Å². The van der Waals surface area contributed by atoms with Crippen LogP contribution >= 0.6 is 0 Å². The fraction of sp³-hybridized carbons (Fsp3) is 0.176. The van der Waals surface area contributed by atoms with Crippen molar-refractivity contribution in [3.63, 3.8) is 0 Å². The number of rotatable bonds is 5. The van der Waals surface area contributed by atoms with E-state index in [0.717, 1.165) is 11.1 Å². The molecule has 0 radical (unpaired) electrons. The third-order valence-corrected chi connectivity index (χ3v) is 3.50. The van der Waals surface area contributed by atoms with Crippen LogP contribution in [0.2, 0.25) is 0 Å². The molecule has 0 aliphatic heterocycles. The fourth-order valence-electron chi connectivity index (χ4n) is 2.25. The minimum Gasteiger partial charge on any atom is -0.493 e. The molecule has 1 heterocycles. The van der Waals surface area contributed by atoms with Gasteiger partial charge in [-0.2, -0.15) is 10.1 Å². The van der Waals surface area contributed by atoms with E-state index in [9.17, 15) is 0 Å². The van der Waals surface area contributed by atoms with Crippen molar-refractivity contribution in [3.8, 4) is 29.0 Å². The first-order valence-corrected chi connectivity index (χ1v) is 7.22. The van der Waals surface area contributed by atoms with E-state index in [1.165, 1.54) is 4.80 Å². The number of ether oxygens (including phenoxy) is 2. The molecule has 0 aliphatic rings. The van der Waals surface area contributed by atoms with E-state index in [-0.39, 0.29) is 0 Å². The van der Waals surface area contributed by atoms with Crippen LogP contribution in [-0.2, 0) is 6.54 Å². The highest BCUT2D eigenvalue weighted by atomic mass is 16.5. The Balaban J connectivity index is 1.81. The molecule has 7 nitrogen and oxygen atoms in total. The maximum Gasteiger partial charge on any atom is 0.205 e. The van der Waals surface area contributed by atoms with Gasteiger partial charge >= 0.3 is 0 Å². The van der Waals surface area contributed by atoms with Crippen molar-refractivity contribution in [2.24, 2.45) is 0 Å². The number of aromatic nitrogens is 4. The molecule has 0 saturated heterocycles. The van der Waals surface area contributed by atoms with Gasteiger partial charge in [0.2, 0.25) is 5.82 Å². The highest BCUT2D eigenvalue weighted by Gasteiger charge is 2.10. The zero-order chi connectivity index (χ0) is 16.9. The van der Waals surface area contributed by atoms with E-state index in [1.807, 2.05) is 24.3 Å². The molecule has 1 aromatic heterocycles. The van der Waals surface area contributed by atoms with Crippen LogP contribution in [0.5, 0.6) is 11.5 Å². The summed E-state index contributed by atoms with van der Waals surface area (Å²) in [5.41, 5.74) is 2.40. The summed E-state index contributed by atoms with van der Waals surface area (Å²) in [6.45, 7) is 0.478. The van der Waals surface area contributed by atoms with Gasteiger partial charge in [-0.1, -0.05) is 12.1 Å². The molecule has 0 atom stereocenters. The summed E-state index contributed by atoms with van der Waals surface area (Å²) < 4.78 is 10.5. The molecule has 0 aliphatic carbocycles. The van der Waals surface area contributed by atoms with Crippen molar-refractivity contribution < 1.29 is 9.47 Å². The lowest BCUT2D eigenvalue weighted by molar-refractivity contribution is 0.355. The Bertz CT molecular complexity index is 881. The number of hydrogen-bond donors (Lipinski definition) is 0. The molecule has 0 spiro atoms. The number of methoxy groups -OCH3 is 2. The Morgan fingerprint density at radius 1 is 1.04 bits per heavy atom. The van der Waals surface area contributed by atoms with Crippen molar-refractivity contribution in [2.75, 3.05) is 14.2 Å². The first kappa shape index (κ1) is 15.5. The maximum atomic E-state index is 8.82. The van der Waals surface area contributed by atoms with E-state index in [2.05, 4.69) is 21.5 Å². The molecule has 0 saturated carbocycles. The van der Waals surface area contributed by atoms with Gasteiger partial charge in [0.05, 0.1) is 32.4 Å². The summed E-state index contributed by atoms with van der Waals surface area (Å²) in [7, 11) is 3.17. The summed E-state index contributed by atoms with van der Waals surface area (Å²) in [5.74, 6) is 1.76. The van der Waals surface area contributed by atoms with Crippen LogP contribution in [0.25, 0.3) is 11.4 Å². The van der Waals surface area contributed by atoms with Crippen LogP contribution in [0.4, 0.5) is 0 Å². The molecule has 3 aromatic rings. The van der Waals surface area contributed by atoms with E-state index in [0.29, 0.717) is 29.4 Å². The van der Waals surface area contributed by atoms with E-state index in [1.54, 1.807) is 32.4 Å². The molecule has 0 N–H and O–H groups in total. The first-order chi connectivity index (χ1) is 11.7. The summed E-state index contributed by atoms with van der Waals surface area (Å²) >= 11 is 0. The monoisotopic (exact) mass is 321 g/mol. The van der Waals surface area contributed by atoms with Crippen LogP contribution in [0.15, 0.2) is 42.5 Å². The van der Waals surface area contributed by atoms with Gasteiger partial charge < -0.3 is 9.47 Å². The lowest BCUT2D eigenvalue weighted by atomic mass is 10.1. The van der Waals surface area contributed by atoms with Crippen LogP contribution in [0.1, 0.15) is 11.1 Å². The lowest BCUT2D eigenvalue weighted by Gasteiger charge is -2.07. The van der Waals surface area contributed by atoms with Crippen molar-refractivity contribution in [1.82, 2.24) is 20.2 Å². The van der Waals surface area contributed by atoms with Gasteiger partial charge in [0, 0.05) is 5.56 Å². The smallest absolute Gasteiger partial charge is 0.205 e. The van der Waals surface area contributed by atoms with E-state index in [4.69, 9.17) is 14.7 Å². The summed E-state index contributed by atoms with van der Waals surface area (Å²) in [5, 5.41) is 21.3. The van der Waals surface area contributed by atoms with Gasteiger partial charge in [-0.3, -0.25) is 0 Å². The van der Waals surface area contributed by atoms with Crippen LogP contribution in [0.3, 0.4) is 0 Å². The van der Waals surface area contributed by atoms with E-state index >= 15 is 0 Å². The second kappa shape index (κ2) is 6.79. The summed E-state index contributed by atoms with van der Waals surface area (Å²) in [6, 6.07) is 14.8. The van der Waals surface area contributed by atoms with Gasteiger partial charge in [0.1, 0.15) is 0 Å². The quantitative estimate of drug-likeness (QED) is 0.716. The molecule has 0 unspecified atom stereocenters. The molecule has 0 bridgehead atoms. The van der Waals surface area contributed by atoms with Gasteiger partial charge in [-0.25, -0.2) is 0 Å². The number of nitrogens with zero attached hydrogens (tertiary/aromatic N) is 5. The third kappa shape index (κ3) is 3.17. The number of benzene rings is 2. The zero-order valence-electron chi connectivity index (χ0n) is 13.3. The van der Waals surface area contributed by atoms with Gasteiger partial charge in [0.25, 0.3) is 0 Å². The second-order valence-electron chi connectivity index (χ2n) is 5.02. The molecular weight excluding hydrogens is 306 g/mol. The van der Waals surface area contributed by atoms with Gasteiger partial charge in [0.15, 0.2) is 11.5 Å². The molecule has 0 amide bonds. The highest BCUT2D eigenvalue weighted by molar-refractivity contribution is 5.60. The Labute approximate surface area is 139 Å². The number of tetrazole rings is 1. The number of nitriles is 1. The highest BCUT2D eigenvalue weighted by Crippen LogP contribution is 2.30. The molecular formula is C17H15N5O2. The summed E-state index contributed by atoms with van der Waals surface area (Å²) in [6.07, 6.45) is 0. The standard InChI is InChI=1S/C17H15N5O2/c1-23-15-8-7-14(9-16(15)24-2)17-19-21-22(20-17)11-13-5-3-12(10-18)4-6-13/h3-9H,11H2,1-2H3. The van der Waals surface area contributed by atoms with Crippen LogP contribution < -0.4 is 9.47 Å². The minimum absolute atomic E-state index is 0.478. The molecule has 0 fully saturated rings. The predicted molar refractivity (Wildman–Crippen MR) is 86.6 cm³/mol. The molecule has 24 heavy (non-hydrogen) atoms. The molecule has 3 rings (SSSR count). The first-order valence-electron chi connectivity index (χ1n) is 7.22. The minimum atomic E-state index is 0.478. The molecule has 2 aromatic carbocycles. The Morgan fingerprint density at radius 3 is 2.46 bits per heavy atom. The van der Waals surface area contributed by atoms with E-state index < -0.39 is 0 Å². The summed E-state index contributed by atoms with van der Waals surface area (Å²) in [4.78, 5) is 1.51. The lowest BCUT2D eigenvalue weighted by Crippen LogP contribution is -2.04. The predicted octanol–water partition coefficient (Wildman–Crippen LogP) is 2.28. The zero-order valence-corrected chi connectivity index (χ0v) is 13.3. The van der Waals surface area contributed by atoms with Gasteiger partial charge in [-0.15, -0.1) is 10.2 Å². The average Bonchev–Trinajstić information content (AvgIpc) is 3.10.